The van der Waals surface area contributed by atoms with Crippen LogP contribution in [0.4, 0.5) is 0 Å². The smallest absolute Gasteiger partial charge is 0.276 e. The van der Waals surface area contributed by atoms with Crippen molar-refractivity contribution in [3.8, 4) is 11.5 Å². The molecular formula is C16H13ClN2O3S2. The molecule has 3 aromatic rings. The van der Waals surface area contributed by atoms with Crippen molar-refractivity contribution in [1.29, 1.82) is 0 Å². The molecule has 8 heteroatoms. The summed E-state index contributed by atoms with van der Waals surface area (Å²) in [6, 6.07) is 15.4. The molecule has 0 radical (unpaired) electrons. The van der Waals surface area contributed by atoms with E-state index in [2.05, 4.69) is 10.2 Å². The van der Waals surface area contributed by atoms with Gasteiger partial charge in [0.25, 0.3) is 5.22 Å². The summed E-state index contributed by atoms with van der Waals surface area (Å²) >= 11 is 7.05. The molecule has 0 atom stereocenters. The zero-order chi connectivity index (χ0) is 17.0. The van der Waals surface area contributed by atoms with Gasteiger partial charge in [-0.25, -0.2) is 8.42 Å². The quantitative estimate of drug-likeness (QED) is 0.603. The van der Waals surface area contributed by atoms with E-state index in [9.17, 15) is 8.42 Å². The minimum atomic E-state index is -3.31. The molecule has 1 aromatic heterocycles. The maximum atomic E-state index is 12.2. The molecule has 0 amide bonds. The topological polar surface area (TPSA) is 73.1 Å². The minimum Gasteiger partial charge on any atom is -0.411 e. The SMILES string of the molecule is O=S(=O)(CCSc1nnc(-c2ccc(Cl)cc2)o1)c1ccccc1. The fourth-order valence-corrected chi connectivity index (χ4v) is 4.52. The minimum absolute atomic E-state index is 0.000336. The summed E-state index contributed by atoms with van der Waals surface area (Å²) in [5.41, 5.74) is 0.760. The number of halogens is 1. The lowest BCUT2D eigenvalue weighted by Crippen LogP contribution is -2.08. The highest BCUT2D eigenvalue weighted by molar-refractivity contribution is 8.00. The van der Waals surface area contributed by atoms with Gasteiger partial charge in [-0.3, -0.25) is 0 Å². The Morgan fingerprint density at radius 2 is 1.71 bits per heavy atom. The highest BCUT2D eigenvalue weighted by Gasteiger charge is 2.15. The maximum absolute atomic E-state index is 12.2. The summed E-state index contributed by atoms with van der Waals surface area (Å²) in [4.78, 5) is 0.318. The number of hydrogen-bond acceptors (Lipinski definition) is 6. The summed E-state index contributed by atoms with van der Waals surface area (Å²) in [6.45, 7) is 0. The van der Waals surface area contributed by atoms with E-state index in [1.54, 1.807) is 54.6 Å². The van der Waals surface area contributed by atoms with Crippen LogP contribution in [0.1, 0.15) is 0 Å². The number of sulfone groups is 1. The molecule has 0 N–H and O–H groups in total. The molecule has 0 aliphatic carbocycles. The van der Waals surface area contributed by atoms with Crippen molar-refractivity contribution in [2.75, 3.05) is 11.5 Å². The highest BCUT2D eigenvalue weighted by atomic mass is 35.5. The summed E-state index contributed by atoms with van der Waals surface area (Å²) in [5, 5.41) is 8.85. The summed E-state index contributed by atoms with van der Waals surface area (Å²) in [5.74, 6) is 0.708. The van der Waals surface area contributed by atoms with E-state index in [0.717, 1.165) is 5.56 Å². The first-order chi connectivity index (χ1) is 11.5. The van der Waals surface area contributed by atoms with Gasteiger partial charge in [0, 0.05) is 16.3 Å². The van der Waals surface area contributed by atoms with Crippen molar-refractivity contribution in [1.82, 2.24) is 10.2 Å². The van der Waals surface area contributed by atoms with Gasteiger partial charge in [-0.05, 0) is 36.4 Å². The normalized spacial score (nSPS) is 11.5. The van der Waals surface area contributed by atoms with E-state index in [4.69, 9.17) is 16.0 Å². The molecule has 124 valence electrons. The van der Waals surface area contributed by atoms with Crippen molar-refractivity contribution in [3.63, 3.8) is 0 Å². The Bertz CT molecular complexity index is 910. The van der Waals surface area contributed by atoms with Crippen molar-refractivity contribution < 1.29 is 12.8 Å². The van der Waals surface area contributed by atoms with Crippen molar-refractivity contribution in [3.05, 3.63) is 59.6 Å². The molecule has 0 saturated carbocycles. The lowest BCUT2D eigenvalue weighted by atomic mass is 10.2. The number of nitrogens with zero attached hydrogens (tertiary/aromatic N) is 2. The van der Waals surface area contributed by atoms with Gasteiger partial charge in [-0.2, -0.15) is 0 Å². The Morgan fingerprint density at radius 3 is 2.42 bits per heavy atom. The fraction of sp³-hybridized carbons (Fsp3) is 0.125. The van der Waals surface area contributed by atoms with Crippen LogP contribution in [-0.2, 0) is 9.84 Å². The van der Waals surface area contributed by atoms with Crippen molar-refractivity contribution in [2.45, 2.75) is 10.1 Å². The second kappa shape index (κ2) is 7.38. The second-order valence-corrected chi connectivity index (χ2v) is 8.45. The summed E-state index contributed by atoms with van der Waals surface area (Å²) in [6.07, 6.45) is 0. The molecule has 0 bridgehead atoms. The first-order valence-electron chi connectivity index (χ1n) is 7.05. The summed E-state index contributed by atoms with van der Waals surface area (Å²) in [7, 11) is -3.31. The third-order valence-corrected chi connectivity index (χ3v) is 6.24. The van der Waals surface area contributed by atoms with Crippen LogP contribution in [0.25, 0.3) is 11.5 Å². The van der Waals surface area contributed by atoms with Gasteiger partial charge in [0.1, 0.15) is 0 Å². The van der Waals surface area contributed by atoms with Crippen molar-refractivity contribution in [2.24, 2.45) is 0 Å². The lowest BCUT2D eigenvalue weighted by Gasteiger charge is -2.02. The standard InChI is InChI=1S/C16H13ClN2O3S2/c17-13-8-6-12(7-9-13)15-18-19-16(22-15)23-10-11-24(20,21)14-4-2-1-3-5-14/h1-9H,10-11H2. The van der Waals surface area contributed by atoms with Gasteiger partial charge in [-0.15, -0.1) is 10.2 Å². The Labute approximate surface area is 149 Å². The first kappa shape index (κ1) is 17.0. The largest absolute Gasteiger partial charge is 0.411 e. The van der Waals surface area contributed by atoms with Gasteiger partial charge in [0.05, 0.1) is 10.6 Å². The molecule has 3 rings (SSSR count). The molecule has 0 spiro atoms. The lowest BCUT2D eigenvalue weighted by molar-refractivity contribution is 0.466. The van der Waals surface area contributed by atoms with Gasteiger partial charge in [0.2, 0.25) is 5.89 Å². The molecule has 1 heterocycles. The van der Waals surface area contributed by atoms with Crippen LogP contribution in [0, 0.1) is 0 Å². The monoisotopic (exact) mass is 380 g/mol. The number of rotatable bonds is 6. The van der Waals surface area contributed by atoms with E-state index in [1.807, 2.05) is 0 Å². The van der Waals surface area contributed by atoms with E-state index in [0.29, 0.717) is 26.8 Å². The van der Waals surface area contributed by atoms with Crippen LogP contribution in [0.5, 0.6) is 0 Å². The third-order valence-electron chi connectivity index (χ3n) is 3.18. The van der Waals surface area contributed by atoms with Crippen LogP contribution in [0.3, 0.4) is 0 Å². The van der Waals surface area contributed by atoms with Gasteiger partial charge >= 0.3 is 0 Å². The van der Waals surface area contributed by atoms with E-state index >= 15 is 0 Å². The Morgan fingerprint density at radius 1 is 1.00 bits per heavy atom. The molecule has 0 fully saturated rings. The first-order valence-corrected chi connectivity index (χ1v) is 10.1. The Kier molecular flexibility index (Phi) is 5.23. The van der Waals surface area contributed by atoms with E-state index in [-0.39, 0.29) is 5.75 Å². The van der Waals surface area contributed by atoms with Crippen LogP contribution in [0.15, 0.2) is 69.1 Å². The number of thioether (sulfide) groups is 1. The number of benzene rings is 2. The van der Waals surface area contributed by atoms with E-state index in [1.165, 1.54) is 11.8 Å². The number of aromatic nitrogens is 2. The third kappa shape index (κ3) is 4.17. The average Bonchev–Trinajstić information content (AvgIpc) is 3.05. The molecule has 0 saturated heterocycles. The summed E-state index contributed by atoms with van der Waals surface area (Å²) < 4.78 is 29.9. The van der Waals surface area contributed by atoms with Gasteiger partial charge in [-0.1, -0.05) is 41.6 Å². The fourth-order valence-electron chi connectivity index (χ4n) is 1.96. The molecule has 24 heavy (non-hydrogen) atoms. The van der Waals surface area contributed by atoms with E-state index < -0.39 is 9.84 Å². The Hall–Kier alpha value is -1.83. The molecule has 0 aliphatic heterocycles. The van der Waals surface area contributed by atoms with Gasteiger partial charge in [0.15, 0.2) is 9.84 Å². The molecule has 5 nitrogen and oxygen atoms in total. The van der Waals surface area contributed by atoms with Gasteiger partial charge < -0.3 is 4.42 Å². The maximum Gasteiger partial charge on any atom is 0.276 e. The zero-order valence-corrected chi connectivity index (χ0v) is 14.8. The molecule has 2 aromatic carbocycles. The molecule has 0 aliphatic rings. The highest BCUT2D eigenvalue weighted by Crippen LogP contribution is 2.24. The van der Waals surface area contributed by atoms with Crippen LogP contribution >= 0.6 is 23.4 Å². The molecular weight excluding hydrogens is 368 g/mol. The van der Waals surface area contributed by atoms with Crippen LogP contribution in [-0.4, -0.2) is 30.1 Å². The van der Waals surface area contributed by atoms with Crippen LogP contribution < -0.4 is 0 Å². The molecule has 0 unspecified atom stereocenters. The predicted molar refractivity (Wildman–Crippen MR) is 94.0 cm³/mol. The Balaban J connectivity index is 1.61. The van der Waals surface area contributed by atoms with Crippen LogP contribution in [0.2, 0.25) is 5.02 Å². The van der Waals surface area contributed by atoms with Crippen molar-refractivity contribution >= 4 is 33.2 Å². The predicted octanol–water partition coefficient (Wildman–Crippen LogP) is 3.96. The number of hydrogen-bond donors (Lipinski definition) is 0. The zero-order valence-electron chi connectivity index (χ0n) is 12.4. The average molecular weight is 381 g/mol. The second-order valence-electron chi connectivity index (χ2n) is 4.86.